The van der Waals surface area contributed by atoms with Crippen molar-refractivity contribution in [1.29, 1.82) is 0 Å². The molecule has 5 aromatic carbocycles. The molecule has 4 aromatic heterocycles. The van der Waals surface area contributed by atoms with E-state index >= 15 is 0 Å². The number of anilines is 4. The zero-order valence-electron chi connectivity index (χ0n) is 52.7. The number of nitrogens with zero attached hydrogens (tertiary/aromatic N) is 4. The van der Waals surface area contributed by atoms with Gasteiger partial charge in [-0.25, -0.2) is 29.1 Å². The van der Waals surface area contributed by atoms with Crippen LogP contribution in [0.25, 0.3) is 43.7 Å². The summed E-state index contributed by atoms with van der Waals surface area (Å²) in [5.41, 5.74) is 9.98. The Labute approximate surface area is 578 Å². The topological polar surface area (TPSA) is 475 Å². The zero-order valence-corrected chi connectivity index (χ0v) is 55.1. The van der Waals surface area contributed by atoms with Gasteiger partial charge in [0.1, 0.15) is 47.9 Å². The Morgan fingerprint density at radius 2 is 1.32 bits per heavy atom. The molecule has 0 aliphatic carbocycles. The van der Waals surface area contributed by atoms with Crippen LogP contribution >= 0.6 is 33.2 Å². The summed E-state index contributed by atoms with van der Waals surface area (Å²) in [5, 5.41) is 57.9. The van der Waals surface area contributed by atoms with Crippen LogP contribution < -0.4 is 52.8 Å². The second-order valence-electron chi connectivity index (χ2n) is 22.9. The minimum absolute atomic E-state index is 0.0133. The number of alkyl halides is 1. The maximum atomic E-state index is 14.4. The van der Waals surface area contributed by atoms with E-state index in [0.29, 0.717) is 44.7 Å². The SMILES string of the molecule is Nc1nc2ncc(CNc3ccc(C(=O)NC(CCC(=O)NC(CCC(=O)NC(CCCNC(CSSCCOC(=O)Oc4cc5c(c6ccccc46)C(CCl)CN5C(=O)c4cc5cc(NC(=O)c6cc7ccccc7[nH]6)ccc5[nH]4)C(=O)O)C(=O)O)C(=O)O)C(=O)O)cc3)nc2c(=O)[nH]1. The van der Waals surface area contributed by atoms with Crippen LogP contribution in [-0.4, -0.2) is 171 Å². The number of carboxylic acids is 4. The molecule has 0 fully saturated rings. The molecule has 5 atom stereocenters. The maximum absolute atomic E-state index is 14.4. The largest absolute Gasteiger partial charge is 0.513 e. The summed E-state index contributed by atoms with van der Waals surface area (Å²) in [5.74, 6) is -8.69. The highest BCUT2D eigenvalue weighted by atomic mass is 35.5. The number of fused-ring (bicyclic) bond motifs is 6. The van der Waals surface area contributed by atoms with E-state index in [-0.39, 0.29) is 108 Å². The van der Waals surface area contributed by atoms with Crippen LogP contribution in [0.2, 0.25) is 0 Å². The average Bonchev–Trinajstić information content (AvgIpc) is 1.56. The maximum Gasteiger partial charge on any atom is 0.513 e. The molecule has 100 heavy (non-hydrogen) atoms. The number of benzene rings is 5. The van der Waals surface area contributed by atoms with E-state index in [1.54, 1.807) is 53.4 Å². The lowest BCUT2D eigenvalue weighted by molar-refractivity contribution is -0.143. The number of nitrogens with one attached hydrogen (secondary N) is 9. The minimum Gasteiger partial charge on any atom is -0.480 e. The number of nitrogen functional groups attached to an aromatic ring is 1. The van der Waals surface area contributed by atoms with Crippen LogP contribution in [0.1, 0.15) is 87.0 Å². The van der Waals surface area contributed by atoms with Gasteiger partial charge < -0.3 is 82.4 Å². The van der Waals surface area contributed by atoms with Crippen LogP contribution in [0.15, 0.2) is 120 Å². The molecular formula is C66H65ClN14O17S2. The minimum atomic E-state index is -1.64. The van der Waals surface area contributed by atoms with Crippen molar-refractivity contribution < 1.29 is 77.8 Å². The molecule has 0 saturated heterocycles. The van der Waals surface area contributed by atoms with Gasteiger partial charge in [-0.2, -0.15) is 4.98 Å². The number of aromatic nitrogens is 6. The van der Waals surface area contributed by atoms with E-state index in [2.05, 4.69) is 61.8 Å². The van der Waals surface area contributed by atoms with Crippen molar-refractivity contribution in [3.63, 3.8) is 0 Å². The highest BCUT2D eigenvalue weighted by molar-refractivity contribution is 8.76. The first kappa shape index (κ1) is 71.5. The lowest BCUT2D eigenvalue weighted by atomic mass is 9.95. The van der Waals surface area contributed by atoms with Crippen LogP contribution in [0.5, 0.6) is 5.75 Å². The molecule has 15 N–H and O–H groups in total. The molecule has 0 radical (unpaired) electrons. The number of hydrogen-bond donors (Lipinski definition) is 14. The van der Waals surface area contributed by atoms with Gasteiger partial charge in [0, 0.05) is 92.9 Å². The number of ether oxygens (including phenoxy) is 2. The number of aromatic amines is 3. The summed E-state index contributed by atoms with van der Waals surface area (Å²) in [6.07, 6.45) is -1.73. The second-order valence-corrected chi connectivity index (χ2v) is 25.8. The van der Waals surface area contributed by atoms with E-state index < -0.39 is 103 Å². The summed E-state index contributed by atoms with van der Waals surface area (Å²) in [6.45, 7) is 0.251. The third-order valence-corrected chi connectivity index (χ3v) is 18.7. The molecule has 1 aliphatic heterocycles. The fourth-order valence-electron chi connectivity index (χ4n) is 11.0. The van der Waals surface area contributed by atoms with E-state index in [0.717, 1.165) is 21.9 Å². The average molecular weight is 1430 g/mol. The van der Waals surface area contributed by atoms with Crippen LogP contribution in [0, 0.1) is 0 Å². The van der Waals surface area contributed by atoms with Crippen LogP contribution in [-0.2, 0) is 40.0 Å². The number of H-pyrrole nitrogens is 3. The molecule has 5 amide bonds. The van der Waals surface area contributed by atoms with Gasteiger partial charge in [-0.3, -0.25) is 38.5 Å². The van der Waals surface area contributed by atoms with E-state index in [9.17, 15) is 73.2 Å². The Hall–Kier alpha value is -11.3. The van der Waals surface area contributed by atoms with E-state index in [4.69, 9.17) is 26.8 Å². The number of hydrogen-bond acceptors (Lipinski definition) is 21. The number of rotatable bonds is 33. The molecule has 520 valence electrons. The molecule has 0 spiro atoms. The molecule has 0 bridgehead atoms. The standard InChI is InChI=1S/C66H65ClN14O17S2/c67-28-36-31-81(60(87)48-26-35-24-38(15-16-43(35)75-48)73-58(85)47-25-34-6-1-4-9-42(34)74-47)50-27-51(40-7-2-3-8-41(40)54(36)50)98-66(96)97-22-23-99-100-32-49(64(94)95)69-21-5-10-44(61(88)89)76-52(82)19-17-45(62(90)91)77-53(83)20-18-46(63(92)93)78-57(84)33-11-13-37(14-12-33)70-29-39-30-71-56-55(72-39)59(86)80-65(68)79-56/h1-4,6-9,11-16,24-27,30,36,44-46,49,69-70,74-75H,5,10,17-23,28-29,31-32H2,(H,73,85)(H,76,82)(H,77,83)(H,78,84)(H,88,89)(H,90,91)(H,92,93)(H,94,95)(H3,68,71,79,80,86). The Bertz CT molecular complexity index is 4650. The molecule has 5 heterocycles. The van der Waals surface area contributed by atoms with Gasteiger partial charge in [-0.1, -0.05) is 64.1 Å². The second kappa shape index (κ2) is 32.8. The van der Waals surface area contributed by atoms with Gasteiger partial charge in [0.25, 0.3) is 23.3 Å². The summed E-state index contributed by atoms with van der Waals surface area (Å²) < 4.78 is 11.2. The summed E-state index contributed by atoms with van der Waals surface area (Å²) >= 11 is 6.54. The molecule has 10 rings (SSSR count). The Morgan fingerprint density at radius 3 is 2.02 bits per heavy atom. The summed E-state index contributed by atoms with van der Waals surface area (Å²) in [4.78, 5) is 163. The number of carboxylic acid groups (broad SMARTS) is 4. The Kier molecular flexibility index (Phi) is 23.5. The number of amides is 5. The van der Waals surface area contributed by atoms with Crippen LogP contribution in [0.3, 0.4) is 0 Å². The number of aliphatic carboxylic acids is 4. The van der Waals surface area contributed by atoms with E-state index in [1.807, 2.05) is 36.4 Å². The molecule has 1 aliphatic rings. The molecular weight excluding hydrogens is 1360 g/mol. The first-order chi connectivity index (χ1) is 48.1. The lowest BCUT2D eigenvalue weighted by Gasteiger charge is -2.18. The Balaban J connectivity index is 0.621. The fraction of sp³-hybridized carbons (Fsp3) is 0.273. The van der Waals surface area contributed by atoms with Gasteiger partial charge in [-0.05, 0) is 104 Å². The zero-order chi connectivity index (χ0) is 71.1. The molecule has 31 nitrogen and oxygen atoms in total. The third-order valence-electron chi connectivity index (χ3n) is 16.0. The van der Waals surface area contributed by atoms with Crippen molar-refractivity contribution in [2.24, 2.45) is 0 Å². The van der Waals surface area contributed by atoms with Gasteiger partial charge >= 0.3 is 30.0 Å². The smallest absolute Gasteiger partial charge is 0.480 e. The highest BCUT2D eigenvalue weighted by Gasteiger charge is 2.36. The van der Waals surface area contributed by atoms with Crippen molar-refractivity contribution in [2.75, 3.05) is 58.3 Å². The van der Waals surface area contributed by atoms with Crippen molar-refractivity contribution in [3.8, 4) is 5.75 Å². The number of carbonyl (C=O) groups excluding carboxylic acids is 6. The predicted molar refractivity (Wildman–Crippen MR) is 372 cm³/mol. The fourth-order valence-corrected chi connectivity index (χ4v) is 13.3. The van der Waals surface area contributed by atoms with Gasteiger partial charge in [0.05, 0.1) is 24.1 Å². The third kappa shape index (κ3) is 18.1. The quantitative estimate of drug-likeness (QED) is 0.00680. The molecule has 5 unspecified atom stereocenters. The monoisotopic (exact) mass is 1420 g/mol. The lowest BCUT2D eigenvalue weighted by Crippen LogP contribution is -2.45. The van der Waals surface area contributed by atoms with Gasteiger partial charge in [0.2, 0.25) is 17.8 Å². The predicted octanol–water partition coefficient (Wildman–Crippen LogP) is 6.56. The van der Waals surface area contributed by atoms with Gasteiger partial charge in [-0.15, -0.1) is 11.6 Å². The summed E-state index contributed by atoms with van der Waals surface area (Å²) in [7, 11) is 2.38. The van der Waals surface area contributed by atoms with Gasteiger partial charge in [0.15, 0.2) is 11.2 Å². The molecule has 0 saturated carbocycles. The highest BCUT2D eigenvalue weighted by Crippen LogP contribution is 2.46. The number of para-hydroxylation sites is 1. The van der Waals surface area contributed by atoms with Crippen molar-refractivity contribution in [2.45, 2.75) is 75.2 Å². The normalized spacial score (nSPS) is 13.8. The first-order valence-electron chi connectivity index (χ1n) is 31.0. The first-order valence-corrected chi connectivity index (χ1v) is 34.1. The number of nitrogens with two attached hydrogens (primary N) is 1. The summed E-state index contributed by atoms with van der Waals surface area (Å²) in [6, 6.07) is 25.2. The molecule has 34 heteroatoms. The number of carbonyl (C=O) groups is 10. The Morgan fingerprint density at radius 1 is 0.680 bits per heavy atom. The van der Waals surface area contributed by atoms with Crippen molar-refractivity contribution in [1.82, 2.24) is 51.2 Å². The van der Waals surface area contributed by atoms with E-state index in [1.165, 1.54) is 52.1 Å². The van der Waals surface area contributed by atoms with Crippen LogP contribution in [0.4, 0.5) is 27.8 Å². The number of halogens is 1. The van der Waals surface area contributed by atoms with Crippen molar-refractivity contribution in [3.05, 3.63) is 154 Å². The van der Waals surface area contributed by atoms with Crippen molar-refractivity contribution >= 4 is 160 Å². The molecule has 9 aromatic rings.